The molecule has 0 atom stereocenters. The Hall–Kier alpha value is -2.00. The molecule has 2 aromatic rings. The topological polar surface area (TPSA) is 32.7 Å². The summed E-state index contributed by atoms with van der Waals surface area (Å²) in [6.45, 7) is 2.82. The molecule has 0 heterocycles. The number of hydrogen-bond donors (Lipinski definition) is 1. The van der Waals surface area contributed by atoms with Crippen molar-refractivity contribution in [2.75, 3.05) is 21.2 Å². The zero-order chi connectivity index (χ0) is 14.7. The highest BCUT2D eigenvalue weighted by Crippen LogP contribution is 2.40. The van der Waals surface area contributed by atoms with Crippen LogP contribution >= 0.6 is 0 Å². The van der Waals surface area contributed by atoms with Crippen molar-refractivity contribution in [1.29, 1.82) is 0 Å². The van der Waals surface area contributed by atoms with Gasteiger partial charge in [0.1, 0.15) is 0 Å². The summed E-state index contributed by atoms with van der Waals surface area (Å²) < 4.78 is 5.23. The van der Waals surface area contributed by atoms with E-state index in [1.165, 1.54) is 5.56 Å². The van der Waals surface area contributed by atoms with E-state index >= 15 is 0 Å². The van der Waals surface area contributed by atoms with Gasteiger partial charge in [-0.2, -0.15) is 0 Å². The van der Waals surface area contributed by atoms with E-state index in [4.69, 9.17) is 4.74 Å². The van der Waals surface area contributed by atoms with Crippen LogP contribution in [0.15, 0.2) is 36.4 Å². The molecule has 0 saturated carbocycles. The van der Waals surface area contributed by atoms with Crippen LogP contribution in [-0.4, -0.2) is 31.2 Å². The highest BCUT2D eigenvalue weighted by Gasteiger charge is 2.15. The van der Waals surface area contributed by atoms with Crippen molar-refractivity contribution in [3.8, 4) is 22.6 Å². The first kappa shape index (κ1) is 14.4. The third-order valence-corrected chi connectivity index (χ3v) is 3.27. The average Bonchev–Trinajstić information content (AvgIpc) is 2.40. The van der Waals surface area contributed by atoms with Crippen molar-refractivity contribution in [2.24, 2.45) is 0 Å². The fourth-order valence-electron chi connectivity index (χ4n) is 2.29. The zero-order valence-corrected chi connectivity index (χ0v) is 12.5. The van der Waals surface area contributed by atoms with Crippen LogP contribution in [0.3, 0.4) is 0 Å². The molecule has 2 rings (SSSR count). The van der Waals surface area contributed by atoms with E-state index in [0.29, 0.717) is 5.75 Å². The smallest absolute Gasteiger partial charge is 0.165 e. The summed E-state index contributed by atoms with van der Waals surface area (Å²) in [5.74, 6) is 0.707. The monoisotopic (exact) mass is 271 g/mol. The van der Waals surface area contributed by atoms with Crippen LogP contribution in [0.2, 0.25) is 0 Å². The van der Waals surface area contributed by atoms with E-state index < -0.39 is 0 Å². The van der Waals surface area contributed by atoms with Gasteiger partial charge in [-0.15, -0.1) is 0 Å². The summed E-state index contributed by atoms with van der Waals surface area (Å²) in [6, 6.07) is 12.0. The molecule has 2 aromatic carbocycles. The summed E-state index contributed by atoms with van der Waals surface area (Å²) in [5.41, 5.74) is 4.13. The Morgan fingerprint density at radius 2 is 1.70 bits per heavy atom. The lowest BCUT2D eigenvalue weighted by atomic mass is 9.97. The molecule has 0 spiro atoms. The number of hydrogen-bond acceptors (Lipinski definition) is 3. The van der Waals surface area contributed by atoms with E-state index in [0.717, 1.165) is 23.2 Å². The van der Waals surface area contributed by atoms with Gasteiger partial charge in [0.05, 0.1) is 7.11 Å². The number of ether oxygens (including phenoxy) is 1. The van der Waals surface area contributed by atoms with Crippen molar-refractivity contribution in [1.82, 2.24) is 4.90 Å². The maximum atomic E-state index is 10.5. The van der Waals surface area contributed by atoms with E-state index in [2.05, 4.69) is 11.8 Å². The summed E-state index contributed by atoms with van der Waals surface area (Å²) in [5, 5.41) is 10.5. The van der Waals surface area contributed by atoms with Gasteiger partial charge in [-0.1, -0.05) is 35.9 Å². The van der Waals surface area contributed by atoms with E-state index in [9.17, 15) is 5.11 Å². The number of benzene rings is 2. The predicted molar refractivity (Wildman–Crippen MR) is 82.2 cm³/mol. The second-order valence-corrected chi connectivity index (χ2v) is 5.25. The average molecular weight is 271 g/mol. The summed E-state index contributed by atoms with van der Waals surface area (Å²) in [6.07, 6.45) is 0. The number of aromatic hydroxyl groups is 1. The van der Waals surface area contributed by atoms with Crippen molar-refractivity contribution in [3.63, 3.8) is 0 Å². The first-order valence-corrected chi connectivity index (χ1v) is 6.63. The molecular formula is C17H21NO2. The molecule has 0 aromatic heterocycles. The Morgan fingerprint density at radius 1 is 1.05 bits per heavy atom. The van der Waals surface area contributed by atoms with Gasteiger partial charge in [-0.05, 0) is 38.2 Å². The summed E-state index contributed by atoms with van der Waals surface area (Å²) in [4.78, 5) is 2.08. The number of aryl methyl sites for hydroxylation is 1. The number of phenolic OH excluding ortho intramolecular Hbond substituents is 1. The van der Waals surface area contributed by atoms with Crippen LogP contribution < -0.4 is 4.74 Å². The number of methoxy groups -OCH3 is 1. The Bertz CT molecular complexity index is 589. The van der Waals surface area contributed by atoms with Crippen molar-refractivity contribution in [2.45, 2.75) is 13.5 Å². The summed E-state index contributed by atoms with van der Waals surface area (Å²) in [7, 11) is 5.60. The molecule has 0 aliphatic rings. The molecule has 0 fully saturated rings. The summed E-state index contributed by atoms with van der Waals surface area (Å²) >= 11 is 0. The molecule has 0 unspecified atom stereocenters. The molecule has 106 valence electrons. The van der Waals surface area contributed by atoms with Gasteiger partial charge >= 0.3 is 0 Å². The third-order valence-electron chi connectivity index (χ3n) is 3.27. The normalized spacial score (nSPS) is 10.8. The van der Waals surface area contributed by atoms with Gasteiger partial charge in [-0.25, -0.2) is 0 Å². The van der Waals surface area contributed by atoms with Crippen molar-refractivity contribution >= 4 is 0 Å². The predicted octanol–water partition coefficient (Wildman–Crippen LogP) is 3.44. The SMILES string of the molecule is COc1ccc(CN(C)C)c(-c2ccc(C)cc2)c1O. The van der Waals surface area contributed by atoms with Gasteiger partial charge in [0.25, 0.3) is 0 Å². The van der Waals surface area contributed by atoms with Crippen molar-refractivity contribution in [3.05, 3.63) is 47.5 Å². The molecule has 0 saturated heterocycles. The lowest BCUT2D eigenvalue weighted by Gasteiger charge is -2.17. The van der Waals surface area contributed by atoms with Gasteiger partial charge in [0.15, 0.2) is 11.5 Å². The van der Waals surface area contributed by atoms with Gasteiger partial charge < -0.3 is 14.7 Å². The first-order chi connectivity index (χ1) is 9.52. The lowest BCUT2D eigenvalue weighted by molar-refractivity contribution is 0.371. The quantitative estimate of drug-likeness (QED) is 0.924. The lowest BCUT2D eigenvalue weighted by Crippen LogP contribution is -2.11. The molecule has 0 radical (unpaired) electrons. The molecule has 3 heteroatoms. The first-order valence-electron chi connectivity index (χ1n) is 6.63. The van der Waals surface area contributed by atoms with Crippen LogP contribution in [-0.2, 0) is 6.54 Å². The van der Waals surface area contributed by atoms with Gasteiger partial charge in [0, 0.05) is 12.1 Å². The molecule has 0 aliphatic carbocycles. The maximum Gasteiger partial charge on any atom is 0.165 e. The second-order valence-electron chi connectivity index (χ2n) is 5.25. The molecule has 3 nitrogen and oxygen atoms in total. The number of rotatable bonds is 4. The highest BCUT2D eigenvalue weighted by atomic mass is 16.5. The molecular weight excluding hydrogens is 250 g/mol. The molecule has 0 bridgehead atoms. The maximum absolute atomic E-state index is 10.5. The zero-order valence-electron chi connectivity index (χ0n) is 12.5. The Kier molecular flexibility index (Phi) is 4.30. The van der Waals surface area contributed by atoms with E-state index in [1.807, 2.05) is 50.5 Å². The minimum absolute atomic E-state index is 0.204. The van der Waals surface area contributed by atoms with Gasteiger partial charge in [-0.3, -0.25) is 0 Å². The largest absolute Gasteiger partial charge is 0.504 e. The number of phenols is 1. The Labute approximate surface area is 120 Å². The molecule has 20 heavy (non-hydrogen) atoms. The number of nitrogens with zero attached hydrogens (tertiary/aromatic N) is 1. The standard InChI is InChI=1S/C17H21NO2/c1-12-5-7-13(8-6-12)16-14(11-18(2)3)9-10-15(20-4)17(16)19/h5-10,19H,11H2,1-4H3. The minimum Gasteiger partial charge on any atom is -0.504 e. The Balaban J connectivity index is 2.60. The van der Waals surface area contributed by atoms with Crippen LogP contribution in [0.5, 0.6) is 11.5 Å². The van der Waals surface area contributed by atoms with Crippen LogP contribution in [0.25, 0.3) is 11.1 Å². The molecule has 1 N–H and O–H groups in total. The second kappa shape index (κ2) is 5.97. The van der Waals surface area contributed by atoms with Crippen molar-refractivity contribution < 1.29 is 9.84 Å². The van der Waals surface area contributed by atoms with Crippen LogP contribution in [0, 0.1) is 6.92 Å². The minimum atomic E-state index is 0.204. The van der Waals surface area contributed by atoms with Crippen LogP contribution in [0.1, 0.15) is 11.1 Å². The highest BCUT2D eigenvalue weighted by molar-refractivity contribution is 5.77. The van der Waals surface area contributed by atoms with Crippen LogP contribution in [0.4, 0.5) is 0 Å². The Morgan fingerprint density at radius 3 is 2.25 bits per heavy atom. The van der Waals surface area contributed by atoms with E-state index in [1.54, 1.807) is 7.11 Å². The molecule has 0 aliphatic heterocycles. The fraction of sp³-hybridized carbons (Fsp3) is 0.294. The third kappa shape index (κ3) is 2.94. The van der Waals surface area contributed by atoms with E-state index in [-0.39, 0.29) is 5.75 Å². The van der Waals surface area contributed by atoms with Gasteiger partial charge in [0.2, 0.25) is 0 Å². The molecule has 0 amide bonds. The fourth-order valence-corrected chi connectivity index (χ4v) is 2.29.